The van der Waals surface area contributed by atoms with Crippen molar-refractivity contribution in [3.05, 3.63) is 29.6 Å². The molecule has 1 fully saturated rings. The molecule has 1 saturated carbocycles. The highest BCUT2D eigenvalue weighted by atomic mass is 19.1. The Balaban J connectivity index is 1.90. The van der Waals surface area contributed by atoms with E-state index in [4.69, 9.17) is 9.47 Å². The molecule has 0 amide bonds. The van der Waals surface area contributed by atoms with Crippen molar-refractivity contribution in [3.8, 4) is 5.75 Å². The van der Waals surface area contributed by atoms with Crippen LogP contribution in [0.2, 0.25) is 0 Å². The molecule has 1 atom stereocenters. The van der Waals surface area contributed by atoms with E-state index in [-0.39, 0.29) is 18.7 Å². The summed E-state index contributed by atoms with van der Waals surface area (Å²) in [5, 5.41) is 3.35. The van der Waals surface area contributed by atoms with Crippen molar-refractivity contribution in [3.63, 3.8) is 0 Å². The molecular weight excluding hydrogens is 257 g/mol. The van der Waals surface area contributed by atoms with Gasteiger partial charge in [-0.05, 0) is 56.8 Å². The second-order valence-corrected chi connectivity index (χ2v) is 5.43. The van der Waals surface area contributed by atoms with Crippen LogP contribution in [0.25, 0.3) is 0 Å². The maximum atomic E-state index is 13.4. The standard InChI is InChI=1S/C16H24FNO2/c1-3-8-18-12(2)15-9-14(17)6-7-16(15)20-11-19-10-13-4-5-13/h6-7,9,12-13,18H,3-5,8,10-11H2,1-2H3. The van der Waals surface area contributed by atoms with Gasteiger partial charge in [-0.3, -0.25) is 0 Å². The average Bonchev–Trinajstić information content (AvgIpc) is 3.26. The molecule has 1 unspecified atom stereocenters. The molecule has 0 heterocycles. The monoisotopic (exact) mass is 281 g/mol. The van der Waals surface area contributed by atoms with Crippen molar-refractivity contribution in [1.82, 2.24) is 5.32 Å². The number of ether oxygens (including phenoxy) is 2. The Bertz CT molecular complexity index is 421. The van der Waals surface area contributed by atoms with Gasteiger partial charge in [-0.1, -0.05) is 6.92 Å². The molecule has 1 aliphatic rings. The van der Waals surface area contributed by atoms with Crippen LogP contribution >= 0.6 is 0 Å². The van der Waals surface area contributed by atoms with Gasteiger partial charge in [0.1, 0.15) is 11.6 Å². The molecule has 0 radical (unpaired) electrons. The predicted octanol–water partition coefficient (Wildman–Crippen LogP) is 3.65. The fraction of sp³-hybridized carbons (Fsp3) is 0.625. The summed E-state index contributed by atoms with van der Waals surface area (Å²) in [5.41, 5.74) is 0.841. The maximum Gasteiger partial charge on any atom is 0.189 e. The summed E-state index contributed by atoms with van der Waals surface area (Å²) in [5.74, 6) is 1.17. The Morgan fingerprint density at radius 3 is 2.90 bits per heavy atom. The van der Waals surface area contributed by atoms with E-state index in [9.17, 15) is 4.39 Å². The Labute approximate surface area is 120 Å². The van der Waals surface area contributed by atoms with Gasteiger partial charge in [0.2, 0.25) is 0 Å². The van der Waals surface area contributed by atoms with E-state index in [1.165, 1.54) is 25.0 Å². The molecule has 3 nitrogen and oxygen atoms in total. The second kappa shape index (κ2) is 7.60. The van der Waals surface area contributed by atoms with Gasteiger partial charge in [-0.25, -0.2) is 4.39 Å². The maximum absolute atomic E-state index is 13.4. The first-order valence-corrected chi connectivity index (χ1v) is 7.44. The molecule has 20 heavy (non-hydrogen) atoms. The first kappa shape index (κ1) is 15.3. The van der Waals surface area contributed by atoms with E-state index in [0.717, 1.165) is 31.1 Å². The first-order chi connectivity index (χ1) is 9.70. The Kier molecular flexibility index (Phi) is 5.80. The zero-order valence-electron chi connectivity index (χ0n) is 12.3. The molecule has 2 rings (SSSR count). The van der Waals surface area contributed by atoms with Crippen LogP contribution in [0.4, 0.5) is 4.39 Å². The highest BCUT2D eigenvalue weighted by molar-refractivity contribution is 5.36. The summed E-state index contributed by atoms with van der Waals surface area (Å²) in [6.07, 6.45) is 3.57. The van der Waals surface area contributed by atoms with Gasteiger partial charge >= 0.3 is 0 Å². The van der Waals surface area contributed by atoms with E-state index >= 15 is 0 Å². The van der Waals surface area contributed by atoms with Crippen molar-refractivity contribution in [1.29, 1.82) is 0 Å². The van der Waals surface area contributed by atoms with Gasteiger partial charge < -0.3 is 14.8 Å². The number of hydrogen-bond donors (Lipinski definition) is 1. The Hall–Kier alpha value is -1.13. The molecule has 1 aromatic carbocycles. The third-order valence-electron chi connectivity index (χ3n) is 3.49. The van der Waals surface area contributed by atoms with Gasteiger partial charge in [-0.2, -0.15) is 0 Å². The summed E-state index contributed by atoms with van der Waals surface area (Å²) in [6.45, 7) is 6.02. The molecule has 1 aromatic rings. The fourth-order valence-electron chi connectivity index (χ4n) is 2.06. The van der Waals surface area contributed by atoms with Crippen molar-refractivity contribution in [2.24, 2.45) is 5.92 Å². The van der Waals surface area contributed by atoms with Crippen LogP contribution in [0.5, 0.6) is 5.75 Å². The normalized spacial score (nSPS) is 16.1. The molecular formula is C16H24FNO2. The molecule has 0 spiro atoms. The largest absolute Gasteiger partial charge is 0.467 e. The average molecular weight is 281 g/mol. The van der Waals surface area contributed by atoms with Crippen LogP contribution in [0.15, 0.2) is 18.2 Å². The van der Waals surface area contributed by atoms with E-state index < -0.39 is 0 Å². The lowest BCUT2D eigenvalue weighted by Gasteiger charge is -2.18. The van der Waals surface area contributed by atoms with Crippen molar-refractivity contribution < 1.29 is 13.9 Å². The van der Waals surface area contributed by atoms with Crippen molar-refractivity contribution in [2.75, 3.05) is 19.9 Å². The number of rotatable bonds is 9. The van der Waals surface area contributed by atoms with Crippen LogP contribution in [0, 0.1) is 11.7 Å². The highest BCUT2D eigenvalue weighted by Crippen LogP contribution is 2.29. The van der Waals surface area contributed by atoms with Crippen LogP contribution < -0.4 is 10.1 Å². The quantitative estimate of drug-likeness (QED) is 0.553. The molecule has 0 aromatic heterocycles. The van der Waals surface area contributed by atoms with E-state index in [1.807, 2.05) is 6.92 Å². The minimum atomic E-state index is -0.239. The molecule has 0 aliphatic heterocycles. The lowest BCUT2D eigenvalue weighted by atomic mass is 10.1. The Morgan fingerprint density at radius 1 is 1.40 bits per heavy atom. The number of benzene rings is 1. The minimum Gasteiger partial charge on any atom is -0.467 e. The zero-order chi connectivity index (χ0) is 14.4. The predicted molar refractivity (Wildman–Crippen MR) is 77.3 cm³/mol. The van der Waals surface area contributed by atoms with E-state index in [1.54, 1.807) is 6.07 Å². The molecule has 112 valence electrons. The number of halogens is 1. The summed E-state index contributed by atoms with van der Waals surface area (Å²) in [6, 6.07) is 4.69. The SMILES string of the molecule is CCCNC(C)c1cc(F)ccc1OCOCC1CC1. The van der Waals surface area contributed by atoms with Crippen molar-refractivity contribution in [2.45, 2.75) is 39.2 Å². The van der Waals surface area contributed by atoms with E-state index in [0.29, 0.717) is 5.75 Å². The Morgan fingerprint density at radius 2 is 2.20 bits per heavy atom. The van der Waals surface area contributed by atoms with Gasteiger partial charge in [0.15, 0.2) is 6.79 Å². The first-order valence-electron chi connectivity index (χ1n) is 7.44. The highest BCUT2D eigenvalue weighted by Gasteiger charge is 2.21. The van der Waals surface area contributed by atoms with Crippen LogP contribution in [-0.4, -0.2) is 19.9 Å². The third kappa shape index (κ3) is 4.76. The number of nitrogens with one attached hydrogen (secondary N) is 1. The summed E-state index contributed by atoms with van der Waals surface area (Å²) >= 11 is 0. The van der Waals surface area contributed by atoms with Gasteiger partial charge in [0.05, 0.1) is 6.61 Å². The number of hydrogen-bond acceptors (Lipinski definition) is 3. The molecule has 1 N–H and O–H groups in total. The lowest BCUT2D eigenvalue weighted by molar-refractivity contribution is 0.00919. The topological polar surface area (TPSA) is 30.5 Å². The van der Waals surface area contributed by atoms with Crippen LogP contribution in [-0.2, 0) is 4.74 Å². The van der Waals surface area contributed by atoms with Crippen molar-refractivity contribution >= 4 is 0 Å². The molecule has 0 saturated heterocycles. The van der Waals surface area contributed by atoms with Gasteiger partial charge in [0, 0.05) is 11.6 Å². The van der Waals surface area contributed by atoms with Gasteiger partial charge in [0.25, 0.3) is 0 Å². The van der Waals surface area contributed by atoms with Crippen LogP contribution in [0.3, 0.4) is 0 Å². The molecule has 4 heteroatoms. The van der Waals surface area contributed by atoms with E-state index in [2.05, 4.69) is 12.2 Å². The lowest BCUT2D eigenvalue weighted by Crippen LogP contribution is -2.20. The third-order valence-corrected chi connectivity index (χ3v) is 3.49. The minimum absolute atomic E-state index is 0.0593. The molecule has 0 bridgehead atoms. The zero-order valence-corrected chi connectivity index (χ0v) is 12.3. The molecule has 1 aliphatic carbocycles. The van der Waals surface area contributed by atoms with Gasteiger partial charge in [-0.15, -0.1) is 0 Å². The smallest absolute Gasteiger partial charge is 0.189 e. The van der Waals surface area contributed by atoms with Crippen LogP contribution in [0.1, 0.15) is 44.7 Å². The summed E-state index contributed by atoms with van der Waals surface area (Å²) in [4.78, 5) is 0. The summed E-state index contributed by atoms with van der Waals surface area (Å²) < 4.78 is 24.5. The fourth-order valence-corrected chi connectivity index (χ4v) is 2.06. The summed E-state index contributed by atoms with van der Waals surface area (Å²) in [7, 11) is 0. The second-order valence-electron chi connectivity index (χ2n) is 5.43.